The highest BCUT2D eigenvalue weighted by Gasteiger charge is 2.49. The molecule has 1 aliphatic heterocycles. The molecule has 166 valence electrons. The molecule has 2 aromatic heterocycles. The largest absolute Gasteiger partial charge is 0.358 e. The highest BCUT2D eigenvalue weighted by atomic mass is 79.9. The second-order valence-electron chi connectivity index (χ2n) is 7.18. The fourth-order valence-electron chi connectivity index (χ4n) is 3.13. The fourth-order valence-corrected chi connectivity index (χ4v) is 3.85. The zero-order chi connectivity index (χ0) is 23.4. The number of nitrogens with zero attached hydrogens (tertiary/aromatic N) is 2. The number of ether oxygens (including phenoxy) is 1. The van der Waals surface area contributed by atoms with Crippen LogP contribution in [0.5, 0.6) is 0 Å². The molecule has 1 aliphatic rings. The molecule has 1 unspecified atom stereocenters. The van der Waals surface area contributed by atoms with Crippen molar-refractivity contribution in [3.05, 3.63) is 127 Å². The average molecular weight is 607 g/mol. The molecule has 33 heavy (non-hydrogen) atoms. The minimum Gasteiger partial charge on any atom is -0.358 e. The van der Waals surface area contributed by atoms with Gasteiger partial charge in [-0.15, -0.1) is 0 Å². The Kier molecular flexibility index (Phi) is 7.62. The number of carbonyl (C=O) groups excluding carboxylic acids is 1. The fraction of sp³-hybridized carbons (Fsp3) is 0.0800. The van der Waals surface area contributed by atoms with E-state index >= 15 is 0 Å². The van der Waals surface area contributed by atoms with Crippen LogP contribution in [0.3, 0.4) is 0 Å². The summed E-state index contributed by atoms with van der Waals surface area (Å²) in [5.74, 6) is -0.107. The summed E-state index contributed by atoms with van der Waals surface area (Å²) in [6.07, 6.45) is 3.39. The number of rotatable bonds is 4. The summed E-state index contributed by atoms with van der Waals surface area (Å²) >= 11 is 18.3. The number of hydrogen-bond acceptors (Lipinski definition) is 4. The van der Waals surface area contributed by atoms with Crippen molar-refractivity contribution in [3.63, 3.8) is 0 Å². The van der Waals surface area contributed by atoms with Gasteiger partial charge in [0.2, 0.25) is 5.78 Å². The number of aromatic nitrogens is 2. The van der Waals surface area contributed by atoms with E-state index in [4.69, 9.17) is 27.9 Å². The summed E-state index contributed by atoms with van der Waals surface area (Å²) in [7, 11) is 0. The van der Waals surface area contributed by atoms with Crippen molar-refractivity contribution in [2.75, 3.05) is 6.61 Å². The van der Waals surface area contributed by atoms with Crippen LogP contribution < -0.4 is 0 Å². The molecule has 0 saturated carbocycles. The molecule has 4 aromatic rings. The third-order valence-electron chi connectivity index (χ3n) is 4.95. The molecule has 4 nitrogen and oxygen atoms in total. The highest BCUT2D eigenvalue weighted by Crippen LogP contribution is 2.44. The van der Waals surface area contributed by atoms with Gasteiger partial charge < -0.3 is 4.74 Å². The Morgan fingerprint density at radius 3 is 1.82 bits per heavy atom. The lowest BCUT2D eigenvalue weighted by Crippen LogP contribution is -2.12. The number of epoxide rings is 1. The van der Waals surface area contributed by atoms with Gasteiger partial charge >= 0.3 is 0 Å². The molecule has 3 heterocycles. The Hall–Kier alpha value is -2.09. The van der Waals surface area contributed by atoms with Crippen molar-refractivity contribution in [3.8, 4) is 0 Å². The van der Waals surface area contributed by atoms with E-state index < -0.39 is 0 Å². The molecule has 5 rings (SSSR count). The number of hydrogen-bond donors (Lipinski definition) is 0. The van der Waals surface area contributed by atoms with E-state index in [2.05, 4.69) is 41.8 Å². The molecule has 1 fully saturated rings. The molecule has 8 heteroatoms. The van der Waals surface area contributed by atoms with Crippen LogP contribution >= 0.6 is 55.1 Å². The minimum absolute atomic E-state index is 0.107. The summed E-state index contributed by atoms with van der Waals surface area (Å²) in [6, 6.07) is 21.9. The SMILES string of the molecule is Clc1ccc(C2(c3ccc(Br)cn3)CO2)cc1.O=C(c1ccc(Cl)cc1)c1ccc(Br)cn1. The van der Waals surface area contributed by atoms with E-state index in [1.54, 1.807) is 48.8 Å². The third kappa shape index (κ3) is 5.89. The maximum absolute atomic E-state index is 11.9. The molecule has 0 radical (unpaired) electrons. The van der Waals surface area contributed by atoms with Gasteiger partial charge in [0.05, 0.1) is 12.3 Å². The van der Waals surface area contributed by atoms with Gasteiger partial charge in [-0.25, -0.2) is 0 Å². The van der Waals surface area contributed by atoms with Crippen LogP contribution in [0.4, 0.5) is 0 Å². The monoisotopic (exact) mass is 604 g/mol. The molecule has 0 amide bonds. The Morgan fingerprint density at radius 2 is 1.33 bits per heavy atom. The molecule has 0 spiro atoms. The Labute approximate surface area is 218 Å². The van der Waals surface area contributed by atoms with E-state index in [0.29, 0.717) is 22.9 Å². The van der Waals surface area contributed by atoms with E-state index in [1.807, 2.05) is 36.4 Å². The predicted octanol–water partition coefficient (Wildman–Crippen LogP) is 7.50. The van der Waals surface area contributed by atoms with E-state index in [-0.39, 0.29) is 11.4 Å². The predicted molar refractivity (Wildman–Crippen MR) is 137 cm³/mol. The van der Waals surface area contributed by atoms with Crippen LogP contribution in [0.25, 0.3) is 0 Å². The standard InChI is InChI=1S/C13H9BrClNO.C12H7BrClNO/c14-10-3-6-12(16-7-10)13(8-17-13)9-1-4-11(15)5-2-9;13-9-3-6-11(15-7-9)12(16)8-1-4-10(14)5-2-8/h1-7H,8H2;1-7H. The van der Waals surface area contributed by atoms with Crippen LogP contribution in [0.15, 0.2) is 94.1 Å². The zero-order valence-corrected chi connectivity index (χ0v) is 21.7. The van der Waals surface area contributed by atoms with Crippen molar-refractivity contribution in [2.24, 2.45) is 0 Å². The highest BCUT2D eigenvalue weighted by molar-refractivity contribution is 9.10. The van der Waals surface area contributed by atoms with Gasteiger partial charge in [-0.1, -0.05) is 35.3 Å². The molecular formula is C25H16Br2Cl2N2O2. The Bertz CT molecular complexity index is 1150. The van der Waals surface area contributed by atoms with Gasteiger partial charge in [0.25, 0.3) is 0 Å². The Balaban J connectivity index is 0.000000157. The van der Waals surface area contributed by atoms with Crippen molar-refractivity contribution >= 4 is 60.8 Å². The number of benzene rings is 2. The molecule has 0 bridgehead atoms. The van der Waals surface area contributed by atoms with Crippen LogP contribution in [0.1, 0.15) is 27.3 Å². The first kappa shape index (κ1) is 24.0. The Morgan fingerprint density at radius 1 is 0.788 bits per heavy atom. The smallest absolute Gasteiger partial charge is 0.211 e. The lowest BCUT2D eigenvalue weighted by atomic mass is 9.96. The summed E-state index contributed by atoms with van der Waals surface area (Å²) in [4.78, 5) is 20.4. The van der Waals surface area contributed by atoms with Gasteiger partial charge in [0.15, 0.2) is 5.60 Å². The summed E-state index contributed by atoms with van der Waals surface area (Å²) in [6.45, 7) is 0.670. The first-order valence-electron chi connectivity index (χ1n) is 9.81. The van der Waals surface area contributed by atoms with Crippen molar-refractivity contribution in [1.29, 1.82) is 0 Å². The number of halogens is 4. The first-order chi connectivity index (χ1) is 15.9. The molecule has 2 aromatic carbocycles. The maximum atomic E-state index is 11.9. The lowest BCUT2D eigenvalue weighted by Gasteiger charge is -2.11. The van der Waals surface area contributed by atoms with Crippen molar-refractivity contribution in [1.82, 2.24) is 9.97 Å². The second-order valence-corrected chi connectivity index (χ2v) is 9.89. The number of pyridine rings is 2. The summed E-state index contributed by atoms with van der Waals surface area (Å²) in [5, 5.41) is 1.34. The minimum atomic E-state index is -0.370. The summed E-state index contributed by atoms with van der Waals surface area (Å²) < 4.78 is 7.44. The molecule has 1 saturated heterocycles. The van der Waals surface area contributed by atoms with Crippen molar-refractivity contribution < 1.29 is 9.53 Å². The van der Waals surface area contributed by atoms with Gasteiger partial charge in [-0.05, 0) is 98.1 Å². The summed E-state index contributed by atoms with van der Waals surface area (Å²) in [5.41, 5.74) is 2.66. The second kappa shape index (κ2) is 10.5. The van der Waals surface area contributed by atoms with Crippen LogP contribution in [0.2, 0.25) is 10.0 Å². The topological polar surface area (TPSA) is 55.4 Å². The van der Waals surface area contributed by atoms with E-state index in [0.717, 1.165) is 25.2 Å². The maximum Gasteiger partial charge on any atom is 0.211 e. The van der Waals surface area contributed by atoms with E-state index in [9.17, 15) is 4.79 Å². The number of carbonyl (C=O) groups is 1. The zero-order valence-electron chi connectivity index (χ0n) is 17.0. The van der Waals surface area contributed by atoms with Crippen LogP contribution in [-0.2, 0) is 10.3 Å². The number of ketones is 1. The van der Waals surface area contributed by atoms with Gasteiger partial charge in [0.1, 0.15) is 5.69 Å². The molecule has 0 N–H and O–H groups in total. The first-order valence-corrected chi connectivity index (χ1v) is 12.2. The molecular weight excluding hydrogens is 591 g/mol. The van der Waals surface area contributed by atoms with E-state index in [1.165, 1.54) is 0 Å². The third-order valence-corrected chi connectivity index (χ3v) is 6.39. The van der Waals surface area contributed by atoms with Crippen molar-refractivity contribution in [2.45, 2.75) is 5.60 Å². The normalized spacial score (nSPS) is 16.5. The van der Waals surface area contributed by atoms with Crippen LogP contribution in [0, 0.1) is 0 Å². The van der Waals surface area contributed by atoms with Gasteiger partial charge in [0, 0.05) is 36.9 Å². The molecule has 0 aliphatic carbocycles. The quantitative estimate of drug-likeness (QED) is 0.178. The van der Waals surface area contributed by atoms with Gasteiger partial charge in [-0.2, -0.15) is 0 Å². The average Bonchev–Trinajstić information content (AvgIpc) is 3.63. The molecule has 1 atom stereocenters. The van der Waals surface area contributed by atoms with Gasteiger partial charge in [-0.3, -0.25) is 14.8 Å². The lowest BCUT2D eigenvalue weighted by molar-refractivity contribution is 0.103. The van der Waals surface area contributed by atoms with Crippen LogP contribution in [-0.4, -0.2) is 22.4 Å².